The number of unbranched alkanes of at least 4 members (excludes halogenated alkanes) is 1. The van der Waals surface area contributed by atoms with E-state index in [4.69, 9.17) is 24.0 Å². The molecule has 1 atom stereocenters. The van der Waals surface area contributed by atoms with Gasteiger partial charge in [0.05, 0.1) is 43.5 Å². The number of esters is 1. The monoisotopic (exact) mass is 584 g/mol. The average Bonchev–Trinajstić information content (AvgIpc) is 3.42. The van der Waals surface area contributed by atoms with Crippen molar-refractivity contribution in [1.82, 2.24) is 15.0 Å². The molecule has 0 aliphatic carbocycles. The molecule has 10 heteroatoms. The van der Waals surface area contributed by atoms with Crippen LogP contribution < -0.4 is 10.2 Å². The first-order valence-electron chi connectivity index (χ1n) is 14.6. The Morgan fingerprint density at radius 2 is 1.84 bits per heavy atom. The summed E-state index contributed by atoms with van der Waals surface area (Å²) in [5.74, 6) is 0.160. The highest BCUT2D eigenvalue weighted by molar-refractivity contribution is 6.04. The zero-order valence-corrected chi connectivity index (χ0v) is 24.7. The molecule has 3 aromatic carbocycles. The van der Waals surface area contributed by atoms with Gasteiger partial charge in [0.2, 0.25) is 0 Å². The van der Waals surface area contributed by atoms with Crippen LogP contribution in [0.15, 0.2) is 71.7 Å². The summed E-state index contributed by atoms with van der Waals surface area (Å²) >= 11 is 0. The van der Waals surface area contributed by atoms with Crippen molar-refractivity contribution in [2.45, 2.75) is 39.7 Å². The third-order valence-corrected chi connectivity index (χ3v) is 7.34. The average molecular weight is 585 g/mol. The zero-order chi connectivity index (χ0) is 30.2. The summed E-state index contributed by atoms with van der Waals surface area (Å²) in [7, 11) is 1.36. The van der Waals surface area contributed by atoms with Crippen LogP contribution in [0.25, 0.3) is 22.2 Å². The predicted octanol–water partition coefficient (Wildman–Crippen LogP) is 6.16. The largest absolute Gasteiger partial charge is 0.533 e. The number of amidine groups is 1. The Balaban J connectivity index is 1.45. The first-order valence-corrected chi connectivity index (χ1v) is 14.6. The second-order valence-electron chi connectivity index (χ2n) is 10.3. The van der Waals surface area contributed by atoms with E-state index in [-0.39, 0.29) is 12.5 Å². The predicted molar refractivity (Wildman–Crippen MR) is 163 cm³/mol. The summed E-state index contributed by atoms with van der Waals surface area (Å²) in [5.41, 5.74) is 8.15. The molecule has 0 saturated carbocycles. The van der Waals surface area contributed by atoms with Crippen molar-refractivity contribution in [3.63, 3.8) is 0 Å². The van der Waals surface area contributed by atoms with E-state index in [1.54, 1.807) is 12.1 Å². The number of rotatable bonds is 10. The van der Waals surface area contributed by atoms with Gasteiger partial charge in [-0.05, 0) is 42.2 Å². The maximum absolute atomic E-state index is 12.6. The molecule has 1 unspecified atom stereocenters. The van der Waals surface area contributed by atoms with Gasteiger partial charge >= 0.3 is 12.1 Å². The highest BCUT2D eigenvalue weighted by Crippen LogP contribution is 2.29. The molecule has 0 bridgehead atoms. The normalized spacial score (nSPS) is 16.5. The van der Waals surface area contributed by atoms with Crippen molar-refractivity contribution in [3.8, 4) is 17.1 Å². The molecule has 1 aliphatic rings. The van der Waals surface area contributed by atoms with E-state index in [1.807, 2.05) is 66.1 Å². The Kier molecular flexibility index (Phi) is 9.56. The van der Waals surface area contributed by atoms with Crippen LogP contribution in [0.5, 0.6) is 6.01 Å². The number of hydroxylamine groups is 1. The van der Waals surface area contributed by atoms with Gasteiger partial charge in [0.25, 0.3) is 6.01 Å². The van der Waals surface area contributed by atoms with E-state index in [0.29, 0.717) is 48.1 Å². The van der Waals surface area contributed by atoms with Gasteiger partial charge in [-0.25, -0.2) is 9.59 Å². The maximum atomic E-state index is 12.6. The molecular weight excluding hydrogens is 548 g/mol. The van der Waals surface area contributed by atoms with Gasteiger partial charge in [0.15, 0.2) is 5.84 Å². The van der Waals surface area contributed by atoms with E-state index in [9.17, 15) is 9.59 Å². The molecule has 1 aromatic heterocycles. The van der Waals surface area contributed by atoms with E-state index in [1.165, 1.54) is 7.11 Å². The zero-order valence-electron chi connectivity index (χ0n) is 24.7. The topological polar surface area (TPSA) is 113 Å². The summed E-state index contributed by atoms with van der Waals surface area (Å²) in [6, 6.07) is 21.8. The number of carbonyl (C=O) groups is 2. The SMILES string of the molecule is CCCCC1C/N=C(\c2ccccc2-c2ccc(Cn3c(OCC)nc4cccc(C(=O)OC)c43)cc2)NOC(=O)OC1. The highest BCUT2D eigenvalue weighted by atomic mass is 16.8. The molecule has 5 rings (SSSR count). The van der Waals surface area contributed by atoms with Gasteiger partial charge in [-0.1, -0.05) is 74.4 Å². The van der Waals surface area contributed by atoms with E-state index in [2.05, 4.69) is 17.4 Å². The van der Waals surface area contributed by atoms with Gasteiger partial charge in [-0.2, -0.15) is 10.5 Å². The number of hydrogen-bond donors (Lipinski definition) is 1. The van der Waals surface area contributed by atoms with Gasteiger partial charge in [0, 0.05) is 18.0 Å². The molecule has 224 valence electrons. The van der Waals surface area contributed by atoms with Crippen LogP contribution in [0.4, 0.5) is 4.79 Å². The van der Waals surface area contributed by atoms with Crippen LogP contribution in [-0.4, -0.2) is 54.4 Å². The molecule has 0 saturated heterocycles. The first-order chi connectivity index (χ1) is 21.0. The molecule has 1 aliphatic heterocycles. The number of nitrogens with zero attached hydrogens (tertiary/aromatic N) is 3. The first kappa shape index (κ1) is 29.6. The Labute approximate surface area is 250 Å². The summed E-state index contributed by atoms with van der Waals surface area (Å²) < 4.78 is 18.0. The molecule has 0 amide bonds. The number of para-hydroxylation sites is 1. The van der Waals surface area contributed by atoms with Crippen molar-refractivity contribution in [2.75, 3.05) is 26.9 Å². The molecule has 0 radical (unpaired) electrons. The summed E-state index contributed by atoms with van der Waals surface area (Å²) in [4.78, 5) is 39.3. The number of hydrogen-bond acceptors (Lipinski definition) is 9. The molecule has 0 fully saturated rings. The number of nitrogens with one attached hydrogen (secondary N) is 1. The van der Waals surface area contributed by atoms with Crippen molar-refractivity contribution >= 4 is 29.0 Å². The lowest BCUT2D eigenvalue weighted by Gasteiger charge is -2.15. The molecular formula is C33H36N4O6. The summed E-state index contributed by atoms with van der Waals surface area (Å²) in [5, 5.41) is 0. The van der Waals surface area contributed by atoms with Crippen LogP contribution in [0.1, 0.15) is 54.6 Å². The lowest BCUT2D eigenvalue weighted by atomic mass is 9.97. The van der Waals surface area contributed by atoms with Gasteiger partial charge < -0.3 is 19.0 Å². The number of cyclic esters (lactones) is 1. The van der Waals surface area contributed by atoms with E-state index < -0.39 is 12.1 Å². The smallest absolute Gasteiger partial charge is 0.465 e. The number of fused-ring (bicyclic) bond motifs is 1. The van der Waals surface area contributed by atoms with Crippen LogP contribution in [0, 0.1) is 5.92 Å². The summed E-state index contributed by atoms with van der Waals surface area (Å²) in [6.07, 6.45) is 2.24. The van der Waals surface area contributed by atoms with Crippen LogP contribution in [-0.2, 0) is 20.9 Å². The Morgan fingerprint density at radius 1 is 1.05 bits per heavy atom. The number of aromatic nitrogens is 2. The third kappa shape index (κ3) is 6.80. The minimum atomic E-state index is -0.772. The van der Waals surface area contributed by atoms with Gasteiger partial charge in [-0.3, -0.25) is 9.56 Å². The Morgan fingerprint density at radius 3 is 2.58 bits per heavy atom. The standard InChI is InChI=1S/C33H36N4O6/c1-4-6-10-23-19-34-30(36-43-33(39)42-21-23)26-12-8-7-11-25(26)24-17-15-22(16-18-24)20-37-29-27(31(38)40-3)13-9-14-28(29)35-32(37)41-5-2/h7-9,11-18,23H,4-6,10,19-21H2,1-3H3,(H,34,36). The van der Waals surface area contributed by atoms with E-state index in [0.717, 1.165) is 41.5 Å². The van der Waals surface area contributed by atoms with Crippen molar-refractivity contribution in [3.05, 3.63) is 83.4 Å². The fourth-order valence-corrected chi connectivity index (χ4v) is 5.16. The molecule has 2 heterocycles. The molecule has 10 nitrogen and oxygen atoms in total. The minimum Gasteiger partial charge on any atom is -0.465 e. The van der Waals surface area contributed by atoms with Crippen molar-refractivity contribution in [1.29, 1.82) is 0 Å². The maximum Gasteiger partial charge on any atom is 0.533 e. The van der Waals surface area contributed by atoms with Gasteiger partial charge in [0.1, 0.15) is 0 Å². The summed E-state index contributed by atoms with van der Waals surface area (Å²) in [6.45, 7) is 5.69. The Bertz CT molecular complexity index is 1610. The molecule has 1 N–H and O–H groups in total. The second kappa shape index (κ2) is 13.9. The second-order valence-corrected chi connectivity index (χ2v) is 10.3. The number of ether oxygens (including phenoxy) is 3. The molecule has 43 heavy (non-hydrogen) atoms. The van der Waals surface area contributed by atoms with Crippen LogP contribution in [0.3, 0.4) is 0 Å². The fraction of sp³-hybridized carbons (Fsp3) is 0.333. The van der Waals surface area contributed by atoms with E-state index >= 15 is 0 Å². The quantitative estimate of drug-likeness (QED) is 0.221. The highest BCUT2D eigenvalue weighted by Gasteiger charge is 2.21. The number of benzene rings is 3. The number of aliphatic imine (C=N–C) groups is 1. The minimum absolute atomic E-state index is 0.120. The Hall–Kier alpha value is -4.86. The third-order valence-electron chi connectivity index (χ3n) is 7.34. The number of carbonyl (C=O) groups excluding carboxylic acids is 2. The van der Waals surface area contributed by atoms with Gasteiger partial charge in [-0.15, -0.1) is 0 Å². The molecule has 0 spiro atoms. The lowest BCUT2D eigenvalue weighted by molar-refractivity contribution is 0.0288. The lowest BCUT2D eigenvalue weighted by Crippen LogP contribution is -2.28. The fourth-order valence-electron chi connectivity index (χ4n) is 5.16. The van der Waals surface area contributed by atoms with Crippen molar-refractivity contribution in [2.24, 2.45) is 10.9 Å². The van der Waals surface area contributed by atoms with Crippen LogP contribution in [0.2, 0.25) is 0 Å². The van der Waals surface area contributed by atoms with Crippen LogP contribution >= 0.6 is 0 Å². The molecule has 4 aromatic rings. The number of imidazole rings is 1. The number of methoxy groups -OCH3 is 1. The van der Waals surface area contributed by atoms with Crippen molar-refractivity contribution < 1.29 is 28.6 Å².